The first-order chi connectivity index (χ1) is 15.6. The average molecular weight is 497 g/mol. The lowest BCUT2D eigenvalue weighted by molar-refractivity contribution is -0.139. The van der Waals surface area contributed by atoms with Crippen molar-refractivity contribution in [2.75, 3.05) is 7.11 Å². The maximum atomic E-state index is 14.5. The molecule has 172 valence electrons. The SMILES string of the molecule is COC(=O)Cc1ccc(F)c(-c2ccc(C(CC(=N)C(F)(F)F)=Nc3ccccc3Cl)s2)c1. The number of methoxy groups -OCH3 is 1. The van der Waals surface area contributed by atoms with Crippen molar-refractivity contribution in [1.29, 1.82) is 5.41 Å². The van der Waals surface area contributed by atoms with Gasteiger partial charge in [0, 0.05) is 21.7 Å². The van der Waals surface area contributed by atoms with E-state index in [1.165, 1.54) is 31.4 Å². The minimum Gasteiger partial charge on any atom is -0.469 e. The normalized spacial score (nSPS) is 12.0. The molecule has 1 heterocycles. The zero-order chi connectivity index (χ0) is 24.2. The fraction of sp³-hybridized carbons (Fsp3) is 0.174. The lowest BCUT2D eigenvalue weighted by Gasteiger charge is -2.10. The quantitative estimate of drug-likeness (QED) is 0.217. The topological polar surface area (TPSA) is 62.5 Å². The Balaban J connectivity index is 2.02. The third-order valence-electron chi connectivity index (χ3n) is 4.56. The Kier molecular flexibility index (Phi) is 7.65. The number of ether oxygens (including phenoxy) is 1. The predicted octanol–water partition coefficient (Wildman–Crippen LogP) is 7.02. The summed E-state index contributed by atoms with van der Waals surface area (Å²) in [5.74, 6) is -1.04. The zero-order valence-electron chi connectivity index (χ0n) is 17.2. The molecule has 0 unspecified atom stereocenters. The molecule has 0 aliphatic rings. The first kappa shape index (κ1) is 24.6. The fourth-order valence-corrected chi connectivity index (χ4v) is 4.07. The van der Waals surface area contributed by atoms with Crippen LogP contribution in [0.4, 0.5) is 23.2 Å². The molecular weight excluding hydrogens is 480 g/mol. The van der Waals surface area contributed by atoms with E-state index in [9.17, 15) is 22.4 Å². The number of hydrogen-bond donors (Lipinski definition) is 1. The Labute approximate surface area is 196 Å². The lowest BCUT2D eigenvalue weighted by Crippen LogP contribution is -2.24. The van der Waals surface area contributed by atoms with Crippen molar-refractivity contribution in [3.63, 3.8) is 0 Å². The van der Waals surface area contributed by atoms with E-state index in [0.29, 0.717) is 15.3 Å². The van der Waals surface area contributed by atoms with Gasteiger partial charge in [0.05, 0.1) is 30.0 Å². The van der Waals surface area contributed by atoms with Crippen molar-refractivity contribution >= 4 is 46.0 Å². The number of benzene rings is 2. The third kappa shape index (κ3) is 6.27. The maximum Gasteiger partial charge on any atom is 0.429 e. The first-order valence-electron chi connectivity index (χ1n) is 9.51. The summed E-state index contributed by atoms with van der Waals surface area (Å²) in [5, 5.41) is 7.66. The van der Waals surface area contributed by atoms with Gasteiger partial charge >= 0.3 is 12.1 Å². The maximum absolute atomic E-state index is 14.5. The first-order valence-corrected chi connectivity index (χ1v) is 10.7. The fourth-order valence-electron chi connectivity index (χ4n) is 2.88. The molecule has 1 aromatic heterocycles. The summed E-state index contributed by atoms with van der Waals surface area (Å²) in [6.45, 7) is 0. The van der Waals surface area contributed by atoms with Crippen LogP contribution in [-0.4, -0.2) is 30.7 Å². The van der Waals surface area contributed by atoms with Crippen molar-refractivity contribution < 1.29 is 27.1 Å². The molecule has 3 rings (SSSR count). The molecule has 0 aliphatic carbocycles. The number of para-hydroxylation sites is 1. The summed E-state index contributed by atoms with van der Waals surface area (Å²) in [4.78, 5) is 16.6. The van der Waals surface area contributed by atoms with Crippen LogP contribution >= 0.6 is 22.9 Å². The summed E-state index contributed by atoms with van der Waals surface area (Å²) in [5.41, 5.74) is -0.514. The number of carbonyl (C=O) groups is 1. The monoisotopic (exact) mass is 496 g/mol. The average Bonchev–Trinajstić information content (AvgIpc) is 3.25. The molecule has 0 atom stereocenters. The van der Waals surface area contributed by atoms with E-state index in [-0.39, 0.29) is 28.4 Å². The summed E-state index contributed by atoms with van der Waals surface area (Å²) in [6.07, 6.45) is -5.64. The molecule has 0 bridgehead atoms. The zero-order valence-corrected chi connectivity index (χ0v) is 18.7. The molecule has 0 fully saturated rings. The molecule has 0 radical (unpaired) electrons. The van der Waals surface area contributed by atoms with Crippen LogP contribution in [0.3, 0.4) is 0 Å². The van der Waals surface area contributed by atoms with Crippen molar-refractivity contribution in [2.45, 2.75) is 19.0 Å². The van der Waals surface area contributed by atoms with E-state index in [1.54, 1.807) is 30.3 Å². The largest absolute Gasteiger partial charge is 0.469 e. The lowest BCUT2D eigenvalue weighted by atomic mass is 10.1. The highest BCUT2D eigenvalue weighted by Gasteiger charge is 2.35. The summed E-state index contributed by atoms with van der Waals surface area (Å²) in [6, 6.07) is 13.6. The molecule has 0 spiro atoms. The van der Waals surface area contributed by atoms with Gasteiger partial charge in [-0.25, -0.2) is 4.39 Å². The van der Waals surface area contributed by atoms with Crippen molar-refractivity contribution in [3.8, 4) is 10.4 Å². The van der Waals surface area contributed by atoms with Gasteiger partial charge in [-0.15, -0.1) is 11.3 Å². The number of nitrogens with zero attached hydrogens (tertiary/aromatic N) is 1. The van der Waals surface area contributed by atoms with Gasteiger partial charge in [-0.05, 0) is 42.0 Å². The van der Waals surface area contributed by atoms with Crippen LogP contribution in [0.2, 0.25) is 5.02 Å². The Morgan fingerprint density at radius 3 is 2.55 bits per heavy atom. The van der Waals surface area contributed by atoms with Gasteiger partial charge in [-0.2, -0.15) is 13.2 Å². The van der Waals surface area contributed by atoms with Crippen molar-refractivity contribution in [1.82, 2.24) is 0 Å². The third-order valence-corrected chi connectivity index (χ3v) is 6.04. The Morgan fingerprint density at radius 2 is 1.88 bits per heavy atom. The number of halogens is 5. The van der Waals surface area contributed by atoms with Crippen LogP contribution < -0.4 is 0 Å². The van der Waals surface area contributed by atoms with Gasteiger partial charge in [0.1, 0.15) is 11.5 Å². The van der Waals surface area contributed by atoms with Gasteiger partial charge in [0.2, 0.25) is 0 Å². The van der Waals surface area contributed by atoms with Crippen LogP contribution in [-0.2, 0) is 16.0 Å². The number of nitrogens with one attached hydrogen (secondary N) is 1. The molecule has 2 aromatic carbocycles. The minimum absolute atomic E-state index is 0.0206. The predicted molar refractivity (Wildman–Crippen MR) is 121 cm³/mol. The minimum atomic E-state index is -4.81. The highest BCUT2D eigenvalue weighted by atomic mass is 35.5. The molecule has 0 saturated carbocycles. The van der Waals surface area contributed by atoms with E-state index >= 15 is 0 Å². The Morgan fingerprint density at radius 1 is 1.15 bits per heavy atom. The van der Waals surface area contributed by atoms with Crippen LogP contribution in [0.1, 0.15) is 16.9 Å². The van der Waals surface area contributed by atoms with E-state index in [4.69, 9.17) is 17.0 Å². The standard InChI is InChI=1S/C23H17ClF4N2O2S/c1-32-22(31)11-13-6-7-16(25)14(10-13)19-8-9-20(33-19)18(12-21(29)23(26,27)28)30-17-5-3-2-4-15(17)24/h2-10,29H,11-12H2,1H3. The molecule has 10 heteroatoms. The molecule has 0 amide bonds. The molecule has 4 nitrogen and oxygen atoms in total. The van der Waals surface area contributed by atoms with Crippen molar-refractivity contribution in [2.24, 2.45) is 4.99 Å². The van der Waals surface area contributed by atoms with Crippen LogP contribution in [0.5, 0.6) is 0 Å². The number of rotatable bonds is 7. The van der Waals surface area contributed by atoms with Crippen LogP contribution in [0.25, 0.3) is 10.4 Å². The smallest absolute Gasteiger partial charge is 0.429 e. The van der Waals surface area contributed by atoms with Gasteiger partial charge in [0.25, 0.3) is 0 Å². The number of thiophene rings is 1. The second-order valence-corrected chi connectivity index (χ2v) is 8.38. The number of aliphatic imine (C=N–C) groups is 1. The number of carbonyl (C=O) groups excluding carboxylic acids is 1. The highest BCUT2D eigenvalue weighted by molar-refractivity contribution is 7.17. The summed E-state index contributed by atoms with van der Waals surface area (Å²) < 4.78 is 58.3. The van der Waals surface area contributed by atoms with E-state index in [2.05, 4.69) is 9.73 Å². The Bertz CT molecular complexity index is 1220. The molecular formula is C23H17ClF4N2O2S. The second kappa shape index (κ2) is 10.3. The summed E-state index contributed by atoms with van der Waals surface area (Å²) >= 11 is 7.13. The van der Waals surface area contributed by atoms with E-state index < -0.39 is 30.1 Å². The number of alkyl halides is 3. The van der Waals surface area contributed by atoms with E-state index in [0.717, 1.165) is 11.3 Å². The Hall–Kier alpha value is -3.04. The summed E-state index contributed by atoms with van der Waals surface area (Å²) in [7, 11) is 1.25. The van der Waals surface area contributed by atoms with Crippen LogP contribution in [0, 0.1) is 11.2 Å². The van der Waals surface area contributed by atoms with Gasteiger partial charge in [-0.1, -0.05) is 29.8 Å². The molecule has 0 aliphatic heterocycles. The van der Waals surface area contributed by atoms with E-state index in [1.807, 2.05) is 0 Å². The molecule has 0 saturated heterocycles. The van der Waals surface area contributed by atoms with Gasteiger partial charge in [-0.3, -0.25) is 9.79 Å². The van der Waals surface area contributed by atoms with Crippen molar-refractivity contribution in [3.05, 3.63) is 75.9 Å². The number of hydrogen-bond acceptors (Lipinski definition) is 5. The van der Waals surface area contributed by atoms with Gasteiger partial charge < -0.3 is 10.1 Å². The molecule has 33 heavy (non-hydrogen) atoms. The second-order valence-electron chi connectivity index (χ2n) is 6.89. The van der Waals surface area contributed by atoms with Gasteiger partial charge in [0.15, 0.2) is 0 Å². The van der Waals surface area contributed by atoms with Crippen LogP contribution in [0.15, 0.2) is 59.6 Å². The molecule has 1 N–H and O–H groups in total. The highest BCUT2D eigenvalue weighted by Crippen LogP contribution is 2.34. The molecule has 3 aromatic rings. The number of esters is 1.